The molecule has 0 aliphatic rings. The van der Waals surface area contributed by atoms with Gasteiger partial charge in [0.05, 0.1) is 5.69 Å². The first-order valence-corrected chi connectivity index (χ1v) is 5.67. The normalized spacial score (nSPS) is 10.6. The number of nitrogens with zero attached hydrogens (tertiary/aromatic N) is 1. The molecule has 0 saturated carbocycles. The van der Waals surface area contributed by atoms with Gasteiger partial charge >= 0.3 is 0 Å². The Bertz CT molecular complexity index is 666. The molecule has 0 aliphatic carbocycles. The molecule has 0 spiro atoms. The third kappa shape index (κ3) is 1.80. The fourth-order valence-electron chi connectivity index (χ4n) is 2.05. The van der Waals surface area contributed by atoms with E-state index in [2.05, 4.69) is 42.2 Å². The standard InChI is InChI=1S/C16H12N/c1-12-5-4-7-14(11-12)16-15-8-3-2-6-13(15)9-10-17-16/h2-6,8-11H,1H3. The predicted octanol–water partition coefficient (Wildman–Crippen LogP) is 4.01. The molecule has 0 amide bonds. The van der Waals surface area contributed by atoms with Crippen LogP contribution in [0.25, 0.3) is 22.0 Å². The monoisotopic (exact) mass is 218 g/mol. The molecule has 3 rings (SSSR count). The van der Waals surface area contributed by atoms with E-state index in [0.29, 0.717) is 0 Å². The lowest BCUT2D eigenvalue weighted by Gasteiger charge is -2.05. The first kappa shape index (κ1) is 10.0. The van der Waals surface area contributed by atoms with Gasteiger partial charge in [-0.3, -0.25) is 4.98 Å². The van der Waals surface area contributed by atoms with Gasteiger partial charge in [-0.15, -0.1) is 0 Å². The molecule has 1 nitrogen and oxygen atoms in total. The Morgan fingerprint density at radius 3 is 2.82 bits per heavy atom. The van der Waals surface area contributed by atoms with E-state index >= 15 is 0 Å². The van der Waals surface area contributed by atoms with Crippen molar-refractivity contribution in [2.75, 3.05) is 0 Å². The maximum absolute atomic E-state index is 4.49. The summed E-state index contributed by atoms with van der Waals surface area (Å²) in [5.41, 5.74) is 3.29. The van der Waals surface area contributed by atoms with Crippen molar-refractivity contribution in [1.82, 2.24) is 4.98 Å². The molecule has 0 atom stereocenters. The lowest BCUT2D eigenvalue weighted by atomic mass is 10.0. The van der Waals surface area contributed by atoms with Crippen molar-refractivity contribution in [3.05, 3.63) is 66.4 Å². The Morgan fingerprint density at radius 2 is 1.94 bits per heavy atom. The van der Waals surface area contributed by atoms with Crippen molar-refractivity contribution in [3.8, 4) is 11.3 Å². The summed E-state index contributed by atoms with van der Waals surface area (Å²) in [7, 11) is 0. The van der Waals surface area contributed by atoms with Gasteiger partial charge in [0.25, 0.3) is 0 Å². The molecular weight excluding hydrogens is 206 g/mol. The van der Waals surface area contributed by atoms with E-state index in [0.717, 1.165) is 11.3 Å². The van der Waals surface area contributed by atoms with Crippen LogP contribution in [0.2, 0.25) is 0 Å². The molecule has 0 bridgehead atoms. The topological polar surface area (TPSA) is 12.9 Å². The molecule has 0 aliphatic heterocycles. The number of aryl methyl sites for hydroxylation is 1. The summed E-state index contributed by atoms with van der Waals surface area (Å²) >= 11 is 0. The van der Waals surface area contributed by atoms with E-state index in [1.165, 1.54) is 16.3 Å². The lowest BCUT2D eigenvalue weighted by Crippen LogP contribution is -1.86. The highest BCUT2D eigenvalue weighted by Crippen LogP contribution is 2.26. The van der Waals surface area contributed by atoms with Gasteiger partial charge < -0.3 is 0 Å². The van der Waals surface area contributed by atoms with Crippen LogP contribution in [0.4, 0.5) is 0 Å². The summed E-state index contributed by atoms with van der Waals surface area (Å²) in [6, 6.07) is 19.7. The van der Waals surface area contributed by atoms with Crippen molar-refractivity contribution >= 4 is 10.8 Å². The molecule has 2 aromatic carbocycles. The van der Waals surface area contributed by atoms with Crippen LogP contribution in [0.15, 0.2) is 54.7 Å². The summed E-state index contributed by atoms with van der Waals surface area (Å²) in [5.74, 6) is 0. The zero-order valence-electron chi connectivity index (χ0n) is 9.64. The molecule has 0 N–H and O–H groups in total. The van der Waals surface area contributed by atoms with Crippen molar-refractivity contribution in [2.45, 2.75) is 6.92 Å². The highest BCUT2D eigenvalue weighted by atomic mass is 14.7. The molecule has 3 aromatic rings. The van der Waals surface area contributed by atoms with Gasteiger partial charge in [0.2, 0.25) is 0 Å². The number of aromatic nitrogens is 1. The molecule has 81 valence electrons. The largest absolute Gasteiger partial charge is 0.256 e. The van der Waals surface area contributed by atoms with Crippen LogP contribution in [0.1, 0.15) is 5.56 Å². The average Bonchev–Trinajstić information content (AvgIpc) is 2.38. The van der Waals surface area contributed by atoms with E-state index in [1.807, 2.05) is 30.5 Å². The van der Waals surface area contributed by atoms with Crippen molar-refractivity contribution < 1.29 is 0 Å². The fourth-order valence-corrected chi connectivity index (χ4v) is 2.05. The van der Waals surface area contributed by atoms with E-state index < -0.39 is 0 Å². The summed E-state index contributed by atoms with van der Waals surface area (Å²) in [6.07, 6.45) is 1.86. The van der Waals surface area contributed by atoms with Gasteiger partial charge in [0, 0.05) is 17.1 Å². The highest BCUT2D eigenvalue weighted by Gasteiger charge is 2.04. The Kier molecular flexibility index (Phi) is 2.37. The minimum atomic E-state index is 1.01. The number of hydrogen-bond acceptors (Lipinski definition) is 1. The Hall–Kier alpha value is -2.15. The molecule has 0 unspecified atom stereocenters. The summed E-state index contributed by atoms with van der Waals surface area (Å²) < 4.78 is 0. The van der Waals surface area contributed by atoms with E-state index in [-0.39, 0.29) is 0 Å². The van der Waals surface area contributed by atoms with E-state index in [4.69, 9.17) is 0 Å². The molecule has 0 fully saturated rings. The molecule has 1 radical (unpaired) electrons. The van der Waals surface area contributed by atoms with Crippen molar-refractivity contribution in [1.29, 1.82) is 0 Å². The van der Waals surface area contributed by atoms with Crippen LogP contribution in [-0.2, 0) is 0 Å². The lowest BCUT2D eigenvalue weighted by molar-refractivity contribution is 1.34. The number of pyridine rings is 1. The van der Waals surface area contributed by atoms with Gasteiger partial charge in [0.1, 0.15) is 0 Å². The van der Waals surface area contributed by atoms with Crippen LogP contribution in [0.5, 0.6) is 0 Å². The van der Waals surface area contributed by atoms with Crippen molar-refractivity contribution in [3.63, 3.8) is 0 Å². The van der Waals surface area contributed by atoms with Gasteiger partial charge in [-0.25, -0.2) is 0 Å². The third-order valence-electron chi connectivity index (χ3n) is 2.89. The predicted molar refractivity (Wildman–Crippen MR) is 70.8 cm³/mol. The zero-order chi connectivity index (χ0) is 11.7. The van der Waals surface area contributed by atoms with Gasteiger partial charge in [0.15, 0.2) is 0 Å². The Labute approximate surface area is 101 Å². The first-order chi connectivity index (χ1) is 8.34. The molecule has 0 saturated heterocycles. The number of benzene rings is 2. The van der Waals surface area contributed by atoms with Crippen molar-refractivity contribution in [2.24, 2.45) is 0 Å². The van der Waals surface area contributed by atoms with Crippen LogP contribution in [-0.4, -0.2) is 4.98 Å². The maximum atomic E-state index is 4.49. The average molecular weight is 218 g/mol. The third-order valence-corrected chi connectivity index (χ3v) is 2.89. The smallest absolute Gasteiger partial charge is 0.0786 e. The summed E-state index contributed by atoms with van der Waals surface area (Å²) in [5, 5.41) is 2.39. The molecule has 1 heteroatoms. The van der Waals surface area contributed by atoms with E-state index in [9.17, 15) is 0 Å². The second-order valence-electron chi connectivity index (χ2n) is 4.16. The molecule has 1 aromatic heterocycles. The molecular formula is C16H12N. The van der Waals surface area contributed by atoms with Gasteiger partial charge in [-0.1, -0.05) is 42.0 Å². The second kappa shape index (κ2) is 4.02. The number of fused-ring (bicyclic) bond motifs is 1. The number of rotatable bonds is 1. The Morgan fingerprint density at radius 1 is 1.06 bits per heavy atom. The highest BCUT2D eigenvalue weighted by molar-refractivity contribution is 5.94. The van der Waals surface area contributed by atoms with Gasteiger partial charge in [-0.05, 0) is 30.5 Å². The minimum absolute atomic E-state index is 1.01. The SMILES string of the molecule is Cc1cc[c]c(-c2nccc3ccccc23)c1. The quantitative estimate of drug-likeness (QED) is 0.601. The van der Waals surface area contributed by atoms with Crippen LogP contribution < -0.4 is 0 Å². The minimum Gasteiger partial charge on any atom is -0.256 e. The van der Waals surface area contributed by atoms with Crippen LogP contribution in [0, 0.1) is 13.0 Å². The van der Waals surface area contributed by atoms with Gasteiger partial charge in [-0.2, -0.15) is 0 Å². The maximum Gasteiger partial charge on any atom is 0.0786 e. The summed E-state index contributed by atoms with van der Waals surface area (Å²) in [4.78, 5) is 4.49. The molecule has 17 heavy (non-hydrogen) atoms. The number of hydrogen-bond donors (Lipinski definition) is 0. The first-order valence-electron chi connectivity index (χ1n) is 5.67. The summed E-state index contributed by atoms with van der Waals surface area (Å²) in [6.45, 7) is 2.09. The second-order valence-corrected chi connectivity index (χ2v) is 4.16. The molecule has 1 heterocycles. The van der Waals surface area contributed by atoms with Crippen LogP contribution in [0.3, 0.4) is 0 Å². The fraction of sp³-hybridized carbons (Fsp3) is 0.0625. The zero-order valence-corrected chi connectivity index (χ0v) is 9.64. The van der Waals surface area contributed by atoms with Crippen LogP contribution >= 0.6 is 0 Å². The van der Waals surface area contributed by atoms with E-state index in [1.54, 1.807) is 0 Å². The Balaban J connectivity index is 2.30.